The van der Waals surface area contributed by atoms with Crippen LogP contribution in [0, 0.1) is 29.4 Å². The van der Waals surface area contributed by atoms with Crippen LogP contribution in [0.3, 0.4) is 0 Å². The van der Waals surface area contributed by atoms with Crippen molar-refractivity contribution in [3.63, 3.8) is 0 Å². The summed E-state index contributed by atoms with van der Waals surface area (Å²) in [6.45, 7) is 5.39. The summed E-state index contributed by atoms with van der Waals surface area (Å²) in [6, 6.07) is 2.59. The van der Waals surface area contributed by atoms with E-state index in [1.807, 2.05) is 20.8 Å². The molecule has 0 bridgehead atoms. The average molecular weight is 353 g/mol. The number of carbonyl (C=O) groups is 2. The van der Waals surface area contributed by atoms with E-state index in [2.05, 4.69) is 5.32 Å². The van der Waals surface area contributed by atoms with Crippen LogP contribution in [0.15, 0.2) is 18.2 Å². The molecule has 3 atom stereocenters. The van der Waals surface area contributed by atoms with Crippen LogP contribution in [-0.2, 0) is 4.79 Å². The highest BCUT2D eigenvalue weighted by atomic mass is 19.1. The Morgan fingerprint density at radius 1 is 1.32 bits per heavy atom. The zero-order chi connectivity index (χ0) is 18.8. The predicted molar refractivity (Wildman–Crippen MR) is 90.0 cm³/mol. The van der Waals surface area contributed by atoms with Crippen molar-refractivity contribution in [2.24, 2.45) is 17.8 Å². The minimum atomic E-state index is -1.55. The molecule has 0 saturated heterocycles. The number of benzene rings is 1. The first-order valence-corrected chi connectivity index (χ1v) is 8.64. The minimum absolute atomic E-state index is 0.111. The van der Waals surface area contributed by atoms with Gasteiger partial charge in [-0.25, -0.2) is 8.78 Å². The van der Waals surface area contributed by atoms with Crippen molar-refractivity contribution in [2.75, 3.05) is 6.54 Å². The largest absolute Gasteiger partial charge is 0.380 e. The smallest absolute Gasteiger partial charge is 0.252 e. The van der Waals surface area contributed by atoms with Crippen LogP contribution in [-0.4, -0.2) is 28.9 Å². The summed E-state index contributed by atoms with van der Waals surface area (Å²) in [4.78, 5) is 24.7. The summed E-state index contributed by atoms with van der Waals surface area (Å²) in [7, 11) is 0. The minimum Gasteiger partial charge on any atom is -0.380 e. The fourth-order valence-electron chi connectivity index (χ4n) is 3.75. The van der Waals surface area contributed by atoms with E-state index in [-0.39, 0.29) is 17.8 Å². The Kier molecular flexibility index (Phi) is 5.93. The van der Waals surface area contributed by atoms with Crippen LogP contribution in [0.25, 0.3) is 0 Å². The van der Waals surface area contributed by atoms with Gasteiger partial charge >= 0.3 is 0 Å². The van der Waals surface area contributed by atoms with Crippen molar-refractivity contribution in [3.05, 3.63) is 35.4 Å². The molecule has 25 heavy (non-hydrogen) atoms. The first-order valence-electron chi connectivity index (χ1n) is 8.64. The van der Waals surface area contributed by atoms with Gasteiger partial charge in [0.05, 0.1) is 12.1 Å². The van der Waals surface area contributed by atoms with E-state index in [9.17, 15) is 23.5 Å². The van der Waals surface area contributed by atoms with Gasteiger partial charge in [0.25, 0.3) is 5.91 Å². The number of aliphatic hydroxyl groups is 1. The second-order valence-corrected chi connectivity index (χ2v) is 7.39. The van der Waals surface area contributed by atoms with Gasteiger partial charge in [-0.3, -0.25) is 9.59 Å². The summed E-state index contributed by atoms with van der Waals surface area (Å²) in [5, 5.41) is 13.4. The third-order valence-corrected chi connectivity index (χ3v) is 5.08. The molecule has 6 heteroatoms. The summed E-state index contributed by atoms with van der Waals surface area (Å²) in [5.74, 6) is -2.82. The normalized spacial score (nSPS) is 26.5. The summed E-state index contributed by atoms with van der Waals surface area (Å²) < 4.78 is 26.8. The molecule has 2 rings (SSSR count). The Morgan fingerprint density at radius 3 is 2.64 bits per heavy atom. The highest BCUT2D eigenvalue weighted by Crippen LogP contribution is 2.41. The Balaban J connectivity index is 2.09. The highest BCUT2D eigenvalue weighted by molar-refractivity contribution is 6.00. The van der Waals surface area contributed by atoms with Crippen LogP contribution in [0.4, 0.5) is 8.78 Å². The monoisotopic (exact) mass is 353 g/mol. The van der Waals surface area contributed by atoms with Gasteiger partial charge in [-0.2, -0.15) is 0 Å². The van der Waals surface area contributed by atoms with E-state index >= 15 is 0 Å². The molecule has 1 saturated carbocycles. The molecule has 0 unspecified atom stereocenters. The molecule has 1 amide bonds. The Bertz CT molecular complexity index is 662. The topological polar surface area (TPSA) is 66.4 Å². The van der Waals surface area contributed by atoms with Gasteiger partial charge in [-0.05, 0) is 48.8 Å². The van der Waals surface area contributed by atoms with E-state index in [1.54, 1.807) is 0 Å². The van der Waals surface area contributed by atoms with Crippen LogP contribution < -0.4 is 5.32 Å². The number of ketones is 1. The number of hydrogen-bond acceptors (Lipinski definition) is 3. The van der Waals surface area contributed by atoms with Crippen molar-refractivity contribution in [1.29, 1.82) is 0 Å². The first kappa shape index (κ1) is 19.5. The zero-order valence-electron chi connectivity index (χ0n) is 14.8. The van der Waals surface area contributed by atoms with E-state index in [1.165, 1.54) is 0 Å². The standard InChI is InChI=1S/C19H25F2NO3/c1-11(2)15-6-4-12(3)9-19(15,25)18(24)22-10-17(23)14-8-13(20)5-7-16(14)21/h5,7-8,11-12,15,25H,4,6,9-10H2,1-3H3,(H,22,24)/t12-,15+,19+/m1/s1. The second-order valence-electron chi connectivity index (χ2n) is 7.39. The number of Topliss-reactive ketones (excluding diaryl/α,β-unsaturated/α-hetero) is 1. The molecule has 0 radical (unpaired) electrons. The lowest BCUT2D eigenvalue weighted by Gasteiger charge is -2.43. The molecule has 4 nitrogen and oxygen atoms in total. The fourth-order valence-corrected chi connectivity index (χ4v) is 3.75. The zero-order valence-corrected chi connectivity index (χ0v) is 14.8. The maximum atomic E-state index is 13.6. The molecule has 138 valence electrons. The van der Waals surface area contributed by atoms with Crippen LogP contribution in [0.2, 0.25) is 0 Å². The lowest BCUT2D eigenvalue weighted by molar-refractivity contribution is -0.155. The third-order valence-electron chi connectivity index (χ3n) is 5.08. The number of amides is 1. The molecule has 0 spiro atoms. The van der Waals surface area contributed by atoms with Gasteiger partial charge in [-0.1, -0.05) is 27.2 Å². The van der Waals surface area contributed by atoms with Crippen LogP contribution in [0.5, 0.6) is 0 Å². The summed E-state index contributed by atoms with van der Waals surface area (Å²) in [5.41, 5.74) is -1.96. The van der Waals surface area contributed by atoms with E-state index in [0.717, 1.165) is 31.0 Å². The molecule has 0 aliphatic heterocycles. The quantitative estimate of drug-likeness (QED) is 0.800. The molecule has 0 aromatic heterocycles. The summed E-state index contributed by atoms with van der Waals surface area (Å²) in [6.07, 6.45) is 1.99. The number of hydrogen-bond donors (Lipinski definition) is 2. The molecule has 2 N–H and O–H groups in total. The van der Waals surface area contributed by atoms with Crippen LogP contribution >= 0.6 is 0 Å². The maximum Gasteiger partial charge on any atom is 0.252 e. The second kappa shape index (κ2) is 7.60. The molecule has 1 aromatic carbocycles. The molecular formula is C19H25F2NO3. The number of nitrogens with one attached hydrogen (secondary N) is 1. The van der Waals surface area contributed by atoms with Crippen molar-refractivity contribution in [1.82, 2.24) is 5.32 Å². The fraction of sp³-hybridized carbons (Fsp3) is 0.579. The molecule has 1 aliphatic carbocycles. The Hall–Kier alpha value is -1.82. The molecule has 1 fully saturated rings. The SMILES string of the molecule is CC(C)[C@@H]1CC[C@@H](C)C[C@@]1(O)C(=O)NCC(=O)c1cc(F)ccc1F. The van der Waals surface area contributed by atoms with Gasteiger partial charge in [0.2, 0.25) is 0 Å². The van der Waals surface area contributed by atoms with E-state index < -0.39 is 41.0 Å². The highest BCUT2D eigenvalue weighted by Gasteiger charge is 2.48. The Morgan fingerprint density at radius 2 is 2.00 bits per heavy atom. The first-order chi connectivity index (χ1) is 11.6. The molecular weight excluding hydrogens is 328 g/mol. The summed E-state index contributed by atoms with van der Waals surface area (Å²) >= 11 is 0. The molecule has 1 aliphatic rings. The van der Waals surface area contributed by atoms with Crippen LogP contribution in [0.1, 0.15) is 50.4 Å². The van der Waals surface area contributed by atoms with Gasteiger partial charge in [-0.15, -0.1) is 0 Å². The average Bonchev–Trinajstić information content (AvgIpc) is 2.53. The lowest BCUT2D eigenvalue weighted by atomic mass is 9.66. The number of rotatable bonds is 5. The lowest BCUT2D eigenvalue weighted by Crippen LogP contribution is -2.57. The molecule has 0 heterocycles. The van der Waals surface area contributed by atoms with Gasteiger partial charge < -0.3 is 10.4 Å². The van der Waals surface area contributed by atoms with E-state index in [4.69, 9.17) is 0 Å². The predicted octanol–water partition coefficient (Wildman–Crippen LogP) is 3.09. The number of halogens is 2. The van der Waals surface area contributed by atoms with Crippen molar-refractivity contribution < 1.29 is 23.5 Å². The third kappa shape index (κ3) is 4.24. The van der Waals surface area contributed by atoms with Crippen molar-refractivity contribution in [3.8, 4) is 0 Å². The van der Waals surface area contributed by atoms with Crippen molar-refractivity contribution in [2.45, 2.75) is 45.6 Å². The van der Waals surface area contributed by atoms with E-state index in [0.29, 0.717) is 6.42 Å². The van der Waals surface area contributed by atoms with Crippen molar-refractivity contribution >= 4 is 11.7 Å². The van der Waals surface area contributed by atoms with Gasteiger partial charge in [0.15, 0.2) is 5.78 Å². The van der Waals surface area contributed by atoms with Gasteiger partial charge in [0.1, 0.15) is 17.2 Å². The van der Waals surface area contributed by atoms with Gasteiger partial charge in [0, 0.05) is 0 Å². The number of carbonyl (C=O) groups excluding carboxylic acids is 2. The maximum absolute atomic E-state index is 13.6. The Labute approximate surface area is 146 Å². The molecule has 1 aromatic rings.